The molecule has 2 aromatic rings. The molecule has 22 heavy (non-hydrogen) atoms. The molecule has 0 saturated carbocycles. The molecule has 0 radical (unpaired) electrons. The Kier molecular flexibility index (Phi) is 4.87. The first-order chi connectivity index (χ1) is 10.4. The molecule has 2 rings (SSSR count). The maximum atomic E-state index is 13.2. The zero-order valence-electron chi connectivity index (χ0n) is 11.5. The van der Waals surface area contributed by atoms with Crippen molar-refractivity contribution in [2.24, 2.45) is 0 Å². The maximum Gasteiger partial charge on any atom is 0.339 e. The van der Waals surface area contributed by atoms with Crippen LogP contribution in [0, 0.1) is 15.9 Å². The van der Waals surface area contributed by atoms with Crippen molar-refractivity contribution in [1.29, 1.82) is 0 Å². The number of nitro groups is 1. The Bertz CT molecular complexity index is 735. The van der Waals surface area contributed by atoms with Crippen molar-refractivity contribution < 1.29 is 18.8 Å². The van der Waals surface area contributed by atoms with Crippen LogP contribution in [0.3, 0.4) is 0 Å². The summed E-state index contributed by atoms with van der Waals surface area (Å²) in [6, 6.07) is 9.49. The highest BCUT2D eigenvalue weighted by atomic mass is 79.9. The molecule has 0 heterocycles. The van der Waals surface area contributed by atoms with Gasteiger partial charge in [0.25, 0.3) is 5.69 Å². The van der Waals surface area contributed by atoms with Crippen molar-refractivity contribution >= 4 is 27.6 Å². The van der Waals surface area contributed by atoms with Crippen molar-refractivity contribution in [1.82, 2.24) is 0 Å². The number of nitro benzene ring substituents is 1. The number of halogens is 2. The Labute approximate surface area is 134 Å². The predicted molar refractivity (Wildman–Crippen MR) is 81.0 cm³/mol. The van der Waals surface area contributed by atoms with Crippen molar-refractivity contribution in [3.8, 4) is 0 Å². The van der Waals surface area contributed by atoms with Crippen LogP contribution in [0.4, 0.5) is 10.1 Å². The maximum absolute atomic E-state index is 13.2. The summed E-state index contributed by atoms with van der Waals surface area (Å²) in [7, 11) is 0. The topological polar surface area (TPSA) is 69.4 Å². The molecule has 2 aromatic carbocycles. The van der Waals surface area contributed by atoms with Gasteiger partial charge in [0.1, 0.15) is 11.9 Å². The van der Waals surface area contributed by atoms with E-state index in [1.807, 2.05) is 0 Å². The second-order valence-corrected chi connectivity index (χ2v) is 5.38. The Morgan fingerprint density at radius 1 is 1.32 bits per heavy atom. The Morgan fingerprint density at radius 2 is 2.05 bits per heavy atom. The number of ether oxygens (including phenoxy) is 1. The standard InChI is InChI=1S/C15H11BrFNO4/c1-9(10-3-2-4-12(7-10)18(20)21)22-15(19)13-8-11(17)5-6-14(13)16/h2-9H,1H3. The number of carbonyl (C=O) groups excluding carboxylic acids is 1. The fourth-order valence-corrected chi connectivity index (χ4v) is 2.25. The molecule has 1 atom stereocenters. The molecular weight excluding hydrogens is 357 g/mol. The van der Waals surface area contributed by atoms with Crippen molar-refractivity contribution in [3.63, 3.8) is 0 Å². The average Bonchev–Trinajstić information content (AvgIpc) is 2.49. The highest BCUT2D eigenvalue weighted by Gasteiger charge is 2.18. The lowest BCUT2D eigenvalue weighted by atomic mass is 10.1. The fraction of sp³-hybridized carbons (Fsp3) is 0.133. The smallest absolute Gasteiger partial charge is 0.339 e. The number of esters is 1. The molecule has 0 bridgehead atoms. The summed E-state index contributed by atoms with van der Waals surface area (Å²) >= 11 is 3.15. The molecule has 0 aliphatic carbocycles. The van der Waals surface area contributed by atoms with Crippen LogP contribution in [-0.2, 0) is 4.74 Å². The summed E-state index contributed by atoms with van der Waals surface area (Å²) < 4.78 is 18.8. The number of non-ortho nitro benzene ring substituents is 1. The van der Waals surface area contributed by atoms with Gasteiger partial charge in [-0.05, 0) is 46.6 Å². The van der Waals surface area contributed by atoms with Crippen LogP contribution >= 0.6 is 15.9 Å². The van der Waals surface area contributed by atoms with Gasteiger partial charge in [-0.1, -0.05) is 12.1 Å². The average molecular weight is 368 g/mol. The first kappa shape index (κ1) is 16.1. The van der Waals surface area contributed by atoms with E-state index in [0.717, 1.165) is 6.07 Å². The second-order valence-electron chi connectivity index (χ2n) is 4.52. The van der Waals surface area contributed by atoms with Gasteiger partial charge in [0, 0.05) is 16.6 Å². The van der Waals surface area contributed by atoms with Gasteiger partial charge in [-0.2, -0.15) is 0 Å². The summed E-state index contributed by atoms with van der Waals surface area (Å²) in [5, 5.41) is 10.8. The summed E-state index contributed by atoms with van der Waals surface area (Å²) in [6.45, 7) is 1.59. The SMILES string of the molecule is CC(OC(=O)c1cc(F)ccc1Br)c1cccc([N+](=O)[O-])c1. The van der Waals surface area contributed by atoms with Gasteiger partial charge in [0.2, 0.25) is 0 Å². The lowest BCUT2D eigenvalue weighted by Crippen LogP contribution is -2.10. The number of carbonyl (C=O) groups is 1. The van der Waals surface area contributed by atoms with Crippen LogP contribution < -0.4 is 0 Å². The van der Waals surface area contributed by atoms with Crippen LogP contribution in [0.15, 0.2) is 46.9 Å². The normalized spacial score (nSPS) is 11.8. The number of benzene rings is 2. The summed E-state index contributed by atoms with van der Waals surface area (Å²) in [5.41, 5.74) is 0.444. The lowest BCUT2D eigenvalue weighted by molar-refractivity contribution is -0.385. The van der Waals surface area contributed by atoms with E-state index < -0.39 is 22.8 Å². The van der Waals surface area contributed by atoms with E-state index in [9.17, 15) is 19.3 Å². The summed E-state index contributed by atoms with van der Waals surface area (Å²) in [5.74, 6) is -1.27. The first-order valence-electron chi connectivity index (χ1n) is 6.29. The molecule has 1 unspecified atom stereocenters. The third-order valence-electron chi connectivity index (χ3n) is 2.98. The fourth-order valence-electron chi connectivity index (χ4n) is 1.84. The van der Waals surface area contributed by atoms with Gasteiger partial charge in [0.15, 0.2) is 0 Å². The van der Waals surface area contributed by atoms with Gasteiger partial charge < -0.3 is 4.74 Å². The molecule has 5 nitrogen and oxygen atoms in total. The number of hydrogen-bond acceptors (Lipinski definition) is 4. The Balaban J connectivity index is 2.19. The van der Waals surface area contributed by atoms with Crippen LogP contribution in [0.25, 0.3) is 0 Å². The van der Waals surface area contributed by atoms with Gasteiger partial charge in [-0.3, -0.25) is 10.1 Å². The molecule has 0 N–H and O–H groups in total. The Morgan fingerprint density at radius 3 is 2.73 bits per heavy atom. The van der Waals surface area contributed by atoms with E-state index in [1.165, 1.54) is 30.3 Å². The minimum absolute atomic E-state index is 0.0530. The van der Waals surface area contributed by atoms with Crippen LogP contribution in [0.1, 0.15) is 28.9 Å². The van der Waals surface area contributed by atoms with Crippen LogP contribution in [0.5, 0.6) is 0 Å². The van der Waals surface area contributed by atoms with E-state index in [-0.39, 0.29) is 11.3 Å². The summed E-state index contributed by atoms with van der Waals surface area (Å²) in [4.78, 5) is 22.3. The van der Waals surface area contributed by atoms with Crippen molar-refractivity contribution in [2.45, 2.75) is 13.0 Å². The van der Waals surface area contributed by atoms with Gasteiger partial charge in [0.05, 0.1) is 10.5 Å². The minimum atomic E-state index is -0.717. The van der Waals surface area contributed by atoms with E-state index >= 15 is 0 Å². The summed E-state index contributed by atoms with van der Waals surface area (Å²) in [6.07, 6.45) is -0.706. The monoisotopic (exact) mass is 367 g/mol. The molecule has 0 aliphatic rings. The van der Waals surface area contributed by atoms with Gasteiger partial charge in [-0.25, -0.2) is 9.18 Å². The highest BCUT2D eigenvalue weighted by Crippen LogP contribution is 2.25. The molecule has 0 aromatic heterocycles. The van der Waals surface area contributed by atoms with E-state index in [4.69, 9.17) is 4.74 Å². The zero-order valence-corrected chi connectivity index (χ0v) is 13.0. The first-order valence-corrected chi connectivity index (χ1v) is 7.08. The van der Waals surface area contributed by atoms with E-state index in [0.29, 0.717) is 10.0 Å². The van der Waals surface area contributed by atoms with E-state index in [1.54, 1.807) is 13.0 Å². The molecule has 0 aliphatic heterocycles. The molecule has 0 spiro atoms. The van der Waals surface area contributed by atoms with Crippen LogP contribution in [0.2, 0.25) is 0 Å². The van der Waals surface area contributed by atoms with Crippen molar-refractivity contribution in [3.05, 3.63) is 74.0 Å². The lowest BCUT2D eigenvalue weighted by Gasteiger charge is -2.14. The second kappa shape index (κ2) is 6.65. The largest absolute Gasteiger partial charge is 0.454 e. The minimum Gasteiger partial charge on any atom is -0.454 e. The van der Waals surface area contributed by atoms with Crippen molar-refractivity contribution in [2.75, 3.05) is 0 Å². The number of hydrogen-bond donors (Lipinski definition) is 0. The predicted octanol–water partition coefficient (Wildman–Crippen LogP) is 4.41. The third-order valence-corrected chi connectivity index (χ3v) is 3.67. The highest BCUT2D eigenvalue weighted by molar-refractivity contribution is 9.10. The molecule has 0 amide bonds. The quantitative estimate of drug-likeness (QED) is 0.455. The number of nitrogens with zero attached hydrogens (tertiary/aromatic N) is 1. The van der Waals surface area contributed by atoms with Gasteiger partial charge in [-0.15, -0.1) is 0 Å². The molecular formula is C15H11BrFNO4. The molecule has 7 heteroatoms. The number of rotatable bonds is 4. The molecule has 0 fully saturated rings. The third kappa shape index (κ3) is 3.67. The Hall–Kier alpha value is -2.28. The van der Waals surface area contributed by atoms with Crippen LogP contribution in [-0.4, -0.2) is 10.9 Å². The zero-order chi connectivity index (χ0) is 16.3. The van der Waals surface area contributed by atoms with E-state index in [2.05, 4.69) is 15.9 Å². The van der Waals surface area contributed by atoms with Gasteiger partial charge >= 0.3 is 5.97 Å². The molecule has 114 valence electrons. The molecule has 0 saturated heterocycles.